The topological polar surface area (TPSA) is 65.1 Å². The van der Waals surface area contributed by atoms with E-state index in [1.54, 1.807) is 23.6 Å². The SMILES string of the molecule is O=c1cc(CSc2nnc(-c3cccs3)n2-c2ccccc2)nc2ccc(Br)cn12. The van der Waals surface area contributed by atoms with Gasteiger partial charge in [0.15, 0.2) is 11.0 Å². The number of fused-ring (bicyclic) bond motifs is 1. The van der Waals surface area contributed by atoms with Crippen molar-refractivity contribution in [2.75, 3.05) is 0 Å². The quantitative estimate of drug-likeness (QED) is 0.319. The number of hydrogen-bond acceptors (Lipinski definition) is 6. The van der Waals surface area contributed by atoms with Gasteiger partial charge in [-0.05, 0) is 51.6 Å². The number of benzene rings is 1. The van der Waals surface area contributed by atoms with Gasteiger partial charge in [-0.25, -0.2) is 4.98 Å². The van der Waals surface area contributed by atoms with E-state index in [1.807, 2.05) is 64.5 Å². The number of hydrogen-bond donors (Lipinski definition) is 0. The van der Waals surface area contributed by atoms with Crippen molar-refractivity contribution in [2.24, 2.45) is 0 Å². The van der Waals surface area contributed by atoms with Crippen LogP contribution in [0.5, 0.6) is 0 Å². The van der Waals surface area contributed by atoms with Gasteiger partial charge in [-0.2, -0.15) is 0 Å². The third-order valence-electron chi connectivity index (χ3n) is 4.42. The van der Waals surface area contributed by atoms with E-state index in [-0.39, 0.29) is 5.56 Å². The van der Waals surface area contributed by atoms with E-state index in [0.29, 0.717) is 17.1 Å². The molecule has 4 aromatic heterocycles. The third-order valence-corrected chi connectivity index (χ3v) is 6.71. The van der Waals surface area contributed by atoms with E-state index < -0.39 is 0 Å². The molecule has 0 atom stereocenters. The fourth-order valence-corrected chi connectivity index (χ4v) is 4.96. The van der Waals surface area contributed by atoms with Gasteiger partial charge in [0.25, 0.3) is 5.56 Å². The summed E-state index contributed by atoms with van der Waals surface area (Å²) in [5.41, 5.74) is 2.20. The van der Waals surface area contributed by atoms with Gasteiger partial charge in [0.2, 0.25) is 0 Å². The number of nitrogens with zero attached hydrogens (tertiary/aromatic N) is 5. The summed E-state index contributed by atoms with van der Waals surface area (Å²) in [5.74, 6) is 1.31. The Morgan fingerprint density at radius 1 is 1.03 bits per heavy atom. The number of aromatic nitrogens is 5. The lowest BCUT2D eigenvalue weighted by Crippen LogP contribution is -2.15. The number of para-hydroxylation sites is 1. The van der Waals surface area contributed by atoms with Crippen LogP contribution in [0, 0.1) is 0 Å². The summed E-state index contributed by atoms with van der Waals surface area (Å²) in [5, 5.41) is 11.6. The highest BCUT2D eigenvalue weighted by Crippen LogP contribution is 2.31. The van der Waals surface area contributed by atoms with Crippen LogP contribution >= 0.6 is 39.0 Å². The van der Waals surface area contributed by atoms with Crippen molar-refractivity contribution < 1.29 is 0 Å². The molecule has 5 rings (SSSR count). The highest BCUT2D eigenvalue weighted by molar-refractivity contribution is 9.10. The van der Waals surface area contributed by atoms with Gasteiger partial charge in [-0.15, -0.1) is 21.5 Å². The van der Waals surface area contributed by atoms with E-state index in [0.717, 1.165) is 26.0 Å². The molecule has 1 aromatic carbocycles. The van der Waals surface area contributed by atoms with Crippen LogP contribution in [-0.4, -0.2) is 24.1 Å². The molecule has 148 valence electrons. The maximum absolute atomic E-state index is 12.5. The molecule has 0 fully saturated rings. The Labute approximate surface area is 188 Å². The molecule has 0 spiro atoms. The highest BCUT2D eigenvalue weighted by atomic mass is 79.9. The maximum Gasteiger partial charge on any atom is 0.258 e. The second kappa shape index (κ2) is 8.17. The minimum atomic E-state index is -0.110. The van der Waals surface area contributed by atoms with E-state index in [4.69, 9.17) is 0 Å². The Hall–Kier alpha value is -2.75. The molecule has 0 amide bonds. The standard InChI is InChI=1S/C21H14BrN5OS2/c22-14-8-9-18-23-15(11-19(28)26(18)12-14)13-30-21-25-24-20(17-7-4-10-29-17)27(21)16-5-2-1-3-6-16/h1-12H,13H2. The van der Waals surface area contributed by atoms with Crippen molar-refractivity contribution in [1.82, 2.24) is 24.1 Å². The maximum atomic E-state index is 12.5. The Kier molecular flexibility index (Phi) is 5.24. The summed E-state index contributed by atoms with van der Waals surface area (Å²) < 4.78 is 4.40. The predicted molar refractivity (Wildman–Crippen MR) is 123 cm³/mol. The van der Waals surface area contributed by atoms with Gasteiger partial charge in [-0.1, -0.05) is 36.0 Å². The summed E-state index contributed by atoms with van der Waals surface area (Å²) in [7, 11) is 0. The van der Waals surface area contributed by atoms with Crippen molar-refractivity contribution in [3.8, 4) is 16.4 Å². The first-order chi connectivity index (χ1) is 14.7. The molecule has 0 bridgehead atoms. The molecule has 4 heterocycles. The molecule has 5 aromatic rings. The van der Waals surface area contributed by atoms with E-state index in [1.165, 1.54) is 16.2 Å². The number of pyridine rings is 1. The molecule has 0 N–H and O–H groups in total. The predicted octanol–water partition coefficient (Wildman–Crippen LogP) is 5.06. The average molecular weight is 496 g/mol. The monoisotopic (exact) mass is 495 g/mol. The first kappa shape index (κ1) is 19.2. The summed E-state index contributed by atoms with van der Waals surface area (Å²) in [4.78, 5) is 18.1. The van der Waals surface area contributed by atoms with Crippen LogP contribution < -0.4 is 5.56 Å². The smallest absolute Gasteiger partial charge is 0.258 e. The zero-order valence-electron chi connectivity index (χ0n) is 15.5. The molecule has 0 aliphatic rings. The summed E-state index contributed by atoms with van der Waals surface area (Å²) in [6, 6.07) is 19.3. The molecule has 6 nitrogen and oxygen atoms in total. The van der Waals surface area contributed by atoms with Gasteiger partial charge in [-0.3, -0.25) is 13.8 Å². The van der Waals surface area contributed by atoms with Crippen LogP contribution in [0.25, 0.3) is 22.0 Å². The van der Waals surface area contributed by atoms with Crippen molar-refractivity contribution in [3.05, 3.63) is 92.8 Å². The Morgan fingerprint density at radius 2 is 1.90 bits per heavy atom. The largest absolute Gasteiger partial charge is 0.269 e. The number of thiophene rings is 1. The van der Waals surface area contributed by atoms with Crippen molar-refractivity contribution in [2.45, 2.75) is 10.9 Å². The van der Waals surface area contributed by atoms with Gasteiger partial charge in [0.05, 0.1) is 10.6 Å². The summed E-state index contributed by atoms with van der Waals surface area (Å²) in [6.07, 6.45) is 1.72. The molecule has 0 saturated heterocycles. The van der Waals surface area contributed by atoms with Crippen LogP contribution in [0.1, 0.15) is 5.69 Å². The normalized spacial score (nSPS) is 11.2. The lowest BCUT2D eigenvalue weighted by molar-refractivity contribution is 0.885. The minimum absolute atomic E-state index is 0.110. The van der Waals surface area contributed by atoms with Gasteiger partial charge in [0.1, 0.15) is 5.65 Å². The summed E-state index contributed by atoms with van der Waals surface area (Å²) in [6.45, 7) is 0. The van der Waals surface area contributed by atoms with Crippen molar-refractivity contribution in [3.63, 3.8) is 0 Å². The lowest BCUT2D eigenvalue weighted by Gasteiger charge is -2.09. The second-order valence-corrected chi connectivity index (χ2v) is 9.21. The van der Waals surface area contributed by atoms with Gasteiger partial charge < -0.3 is 0 Å². The molecule has 0 unspecified atom stereocenters. The zero-order chi connectivity index (χ0) is 20.5. The van der Waals surface area contributed by atoms with E-state index >= 15 is 0 Å². The molecule has 9 heteroatoms. The van der Waals surface area contributed by atoms with Crippen LogP contribution in [0.3, 0.4) is 0 Å². The van der Waals surface area contributed by atoms with Gasteiger partial charge >= 0.3 is 0 Å². The number of thioether (sulfide) groups is 1. The average Bonchev–Trinajstić information content (AvgIpc) is 3.43. The van der Waals surface area contributed by atoms with Crippen LogP contribution in [0.4, 0.5) is 0 Å². The molecule has 0 radical (unpaired) electrons. The highest BCUT2D eigenvalue weighted by Gasteiger charge is 2.17. The fraction of sp³-hybridized carbons (Fsp3) is 0.0476. The third kappa shape index (κ3) is 3.71. The van der Waals surface area contributed by atoms with Crippen molar-refractivity contribution >= 4 is 44.7 Å². The minimum Gasteiger partial charge on any atom is -0.269 e. The first-order valence-electron chi connectivity index (χ1n) is 9.04. The fourth-order valence-electron chi connectivity index (χ4n) is 3.08. The Bertz CT molecular complexity index is 1380. The first-order valence-corrected chi connectivity index (χ1v) is 11.7. The molecular weight excluding hydrogens is 482 g/mol. The van der Waals surface area contributed by atoms with Crippen LogP contribution in [-0.2, 0) is 5.75 Å². The molecule has 0 saturated carbocycles. The number of halogens is 1. The van der Waals surface area contributed by atoms with Crippen LogP contribution in [0.15, 0.2) is 86.7 Å². The second-order valence-electron chi connectivity index (χ2n) is 6.40. The van der Waals surface area contributed by atoms with E-state index in [9.17, 15) is 4.79 Å². The summed E-state index contributed by atoms with van der Waals surface area (Å²) >= 11 is 6.52. The Morgan fingerprint density at radius 3 is 2.70 bits per heavy atom. The van der Waals surface area contributed by atoms with Gasteiger partial charge in [0, 0.05) is 28.2 Å². The molecule has 0 aliphatic heterocycles. The lowest BCUT2D eigenvalue weighted by atomic mass is 10.3. The van der Waals surface area contributed by atoms with Crippen molar-refractivity contribution in [1.29, 1.82) is 0 Å². The van der Waals surface area contributed by atoms with E-state index in [2.05, 4.69) is 31.1 Å². The molecule has 0 aliphatic carbocycles. The zero-order valence-corrected chi connectivity index (χ0v) is 18.7. The number of rotatable bonds is 5. The molecule has 30 heavy (non-hydrogen) atoms. The Balaban J connectivity index is 1.51. The molecular formula is C21H14BrN5OS2. The van der Waals surface area contributed by atoms with Crippen LogP contribution in [0.2, 0.25) is 0 Å².